The predicted octanol–water partition coefficient (Wildman–Crippen LogP) is 0.631. The van der Waals surface area contributed by atoms with Crippen molar-refractivity contribution < 1.29 is 25.4 Å². The molecular weight excluding hydrogens is 167 g/mol. The molecule has 1 rings (SSSR count). The molecule has 1 aromatic carbocycles. The van der Waals surface area contributed by atoms with E-state index in [1.807, 2.05) is 12.1 Å². The molecule has 1 aromatic rings. The van der Waals surface area contributed by atoms with Crippen molar-refractivity contribution in [2.75, 3.05) is 0 Å². The monoisotopic (exact) mass is 186 g/mol. The molecule has 14 heavy (non-hydrogen) atoms. The van der Waals surface area contributed by atoms with Gasteiger partial charge in [-0.05, 0) is 30.5 Å². The predicted molar refractivity (Wildman–Crippen MR) is 57.1 cm³/mol. The van der Waals surface area contributed by atoms with Gasteiger partial charge in [0.1, 0.15) is 5.75 Å². The number of unbranched alkanes of at least 4 members (excludes halogenated alkanes) is 3. The summed E-state index contributed by atoms with van der Waals surface area (Å²) in [6.07, 6.45) is 6.34. The maximum Gasteiger partial charge on any atom is 1.00 e. The number of aromatic hydroxyl groups is 1. The number of hydrogen-bond acceptors (Lipinski definition) is 1. The number of phenols is 1. The van der Waals surface area contributed by atoms with Gasteiger partial charge in [-0.25, -0.2) is 0 Å². The van der Waals surface area contributed by atoms with Crippen molar-refractivity contribution in [3.8, 4) is 5.75 Å². The van der Waals surface area contributed by atoms with Crippen LogP contribution < -0.4 is 18.9 Å². The molecule has 74 valence electrons. The molecule has 0 spiro atoms. The van der Waals surface area contributed by atoms with Crippen LogP contribution >= 0.6 is 0 Å². The summed E-state index contributed by atoms with van der Waals surface area (Å²) < 4.78 is 0. The summed E-state index contributed by atoms with van der Waals surface area (Å²) in [6.45, 7) is 2.22. The van der Waals surface area contributed by atoms with Crippen molar-refractivity contribution in [2.24, 2.45) is 0 Å². The topological polar surface area (TPSA) is 20.2 Å². The van der Waals surface area contributed by atoms with Crippen LogP contribution in [-0.2, 0) is 6.42 Å². The molecule has 0 unspecified atom stereocenters. The van der Waals surface area contributed by atoms with E-state index in [9.17, 15) is 0 Å². The summed E-state index contributed by atoms with van der Waals surface area (Å²) in [5.74, 6) is 0.359. The number of rotatable bonds is 5. The van der Waals surface area contributed by atoms with Crippen LogP contribution in [0.2, 0.25) is 0 Å². The summed E-state index contributed by atoms with van der Waals surface area (Å²) in [7, 11) is 0. The molecule has 0 aliphatic carbocycles. The fourth-order valence-corrected chi connectivity index (χ4v) is 1.42. The Hall–Kier alpha value is -0.383. The van der Waals surface area contributed by atoms with Gasteiger partial charge in [0, 0.05) is 0 Å². The fourth-order valence-electron chi connectivity index (χ4n) is 1.42. The first-order chi connectivity index (χ1) is 6.33. The maximum atomic E-state index is 9.07. The number of phenolic OH excluding ortho intramolecular Hbond substituents is 1. The molecule has 2 heteroatoms. The van der Waals surface area contributed by atoms with Crippen molar-refractivity contribution in [1.29, 1.82) is 0 Å². The van der Waals surface area contributed by atoms with Gasteiger partial charge in [-0.3, -0.25) is 0 Å². The van der Waals surface area contributed by atoms with Crippen LogP contribution in [0.4, 0.5) is 0 Å². The SMILES string of the molecule is CCCCCCc1ccc(O)cc1.[H-].[Li+]. The number of aryl methyl sites for hydroxylation is 1. The molecular formula is C12H19LiO. The molecule has 1 N–H and O–H groups in total. The Morgan fingerprint density at radius 3 is 2.29 bits per heavy atom. The van der Waals surface area contributed by atoms with Crippen LogP contribution in [0.25, 0.3) is 0 Å². The molecule has 0 saturated carbocycles. The summed E-state index contributed by atoms with van der Waals surface area (Å²) in [5, 5.41) is 9.07. The molecule has 0 fully saturated rings. The van der Waals surface area contributed by atoms with E-state index in [1.165, 1.54) is 31.2 Å². The average Bonchev–Trinajstić information content (AvgIpc) is 2.15. The Kier molecular flexibility index (Phi) is 7.75. The number of benzene rings is 1. The van der Waals surface area contributed by atoms with E-state index < -0.39 is 0 Å². The van der Waals surface area contributed by atoms with Gasteiger partial charge >= 0.3 is 18.9 Å². The molecule has 0 atom stereocenters. The van der Waals surface area contributed by atoms with Gasteiger partial charge in [0.05, 0.1) is 0 Å². The Labute approximate surface area is 100 Å². The maximum absolute atomic E-state index is 9.07. The van der Waals surface area contributed by atoms with Crippen LogP contribution in [0.3, 0.4) is 0 Å². The minimum atomic E-state index is 0. The standard InChI is InChI=1S/C12H18O.Li.H/c1-2-3-4-5-6-11-7-9-12(13)10-8-11;;/h7-10,13H,2-6H2,1H3;;/q;+1;-1. The van der Waals surface area contributed by atoms with Crippen LogP contribution in [0.1, 0.15) is 39.6 Å². The smallest absolute Gasteiger partial charge is 1.00 e. The van der Waals surface area contributed by atoms with Gasteiger partial charge in [-0.2, -0.15) is 0 Å². The van der Waals surface area contributed by atoms with E-state index in [2.05, 4.69) is 6.92 Å². The molecule has 0 aliphatic heterocycles. The fraction of sp³-hybridized carbons (Fsp3) is 0.500. The van der Waals surface area contributed by atoms with Crippen molar-refractivity contribution in [3.63, 3.8) is 0 Å². The quantitative estimate of drug-likeness (QED) is 0.528. The molecule has 0 radical (unpaired) electrons. The van der Waals surface area contributed by atoms with Gasteiger partial charge < -0.3 is 6.53 Å². The van der Waals surface area contributed by atoms with Gasteiger partial charge in [-0.15, -0.1) is 0 Å². The Balaban J connectivity index is 0. The summed E-state index contributed by atoms with van der Waals surface area (Å²) in [5.41, 5.74) is 1.33. The molecule has 0 bridgehead atoms. The van der Waals surface area contributed by atoms with E-state index in [1.54, 1.807) is 12.1 Å². The zero-order valence-electron chi connectivity index (χ0n) is 10.3. The second-order valence-corrected chi connectivity index (χ2v) is 3.48. The van der Waals surface area contributed by atoms with Crippen molar-refractivity contribution in [3.05, 3.63) is 29.8 Å². The largest absolute Gasteiger partial charge is 1.00 e. The van der Waals surface area contributed by atoms with E-state index in [-0.39, 0.29) is 20.3 Å². The normalized spacial score (nSPS) is 9.50. The molecule has 0 saturated heterocycles. The van der Waals surface area contributed by atoms with Crippen LogP contribution in [-0.4, -0.2) is 5.11 Å². The van der Waals surface area contributed by atoms with E-state index in [4.69, 9.17) is 5.11 Å². The van der Waals surface area contributed by atoms with E-state index in [0.717, 1.165) is 6.42 Å². The first-order valence-corrected chi connectivity index (χ1v) is 5.11. The van der Waals surface area contributed by atoms with Crippen LogP contribution in [0.5, 0.6) is 5.75 Å². The molecule has 0 amide bonds. The average molecular weight is 186 g/mol. The third-order valence-electron chi connectivity index (χ3n) is 2.26. The molecule has 0 aliphatic rings. The summed E-state index contributed by atoms with van der Waals surface area (Å²) in [4.78, 5) is 0. The zero-order chi connectivity index (χ0) is 9.52. The zero-order valence-corrected chi connectivity index (χ0v) is 9.29. The van der Waals surface area contributed by atoms with Crippen molar-refractivity contribution in [1.82, 2.24) is 0 Å². The molecule has 0 heterocycles. The van der Waals surface area contributed by atoms with Crippen molar-refractivity contribution in [2.45, 2.75) is 39.0 Å². The first-order valence-electron chi connectivity index (χ1n) is 5.11. The van der Waals surface area contributed by atoms with Gasteiger partial charge in [0.15, 0.2) is 0 Å². The second-order valence-electron chi connectivity index (χ2n) is 3.48. The van der Waals surface area contributed by atoms with Gasteiger partial charge in [0.2, 0.25) is 0 Å². The van der Waals surface area contributed by atoms with E-state index >= 15 is 0 Å². The van der Waals surface area contributed by atoms with Gasteiger partial charge in [0.25, 0.3) is 0 Å². The Morgan fingerprint density at radius 1 is 1.07 bits per heavy atom. The third kappa shape index (κ3) is 5.37. The van der Waals surface area contributed by atoms with Crippen molar-refractivity contribution >= 4 is 0 Å². The van der Waals surface area contributed by atoms with Crippen LogP contribution in [0, 0.1) is 0 Å². The van der Waals surface area contributed by atoms with E-state index in [0.29, 0.717) is 5.75 Å². The minimum absolute atomic E-state index is 0. The minimum Gasteiger partial charge on any atom is -1.00 e. The Morgan fingerprint density at radius 2 is 1.71 bits per heavy atom. The first kappa shape index (κ1) is 13.6. The molecule has 1 nitrogen and oxygen atoms in total. The summed E-state index contributed by atoms with van der Waals surface area (Å²) in [6, 6.07) is 7.52. The Bertz CT molecular complexity index is 236. The third-order valence-corrected chi connectivity index (χ3v) is 2.26. The van der Waals surface area contributed by atoms with Crippen LogP contribution in [0.15, 0.2) is 24.3 Å². The second kappa shape index (κ2) is 7.97. The van der Waals surface area contributed by atoms with Gasteiger partial charge in [-0.1, -0.05) is 38.3 Å². The summed E-state index contributed by atoms with van der Waals surface area (Å²) >= 11 is 0. The number of hydrogen-bond donors (Lipinski definition) is 1. The molecule has 0 aromatic heterocycles.